The average Bonchev–Trinajstić information content (AvgIpc) is 2.69. The molecule has 1 aliphatic rings. The van der Waals surface area contributed by atoms with E-state index in [-0.39, 0.29) is 16.8 Å². The Morgan fingerprint density at radius 3 is 2.79 bits per heavy atom. The normalized spacial score (nSPS) is 16.9. The van der Waals surface area contributed by atoms with Crippen molar-refractivity contribution in [1.29, 1.82) is 0 Å². The molecule has 0 bridgehead atoms. The third-order valence-corrected chi connectivity index (χ3v) is 5.61. The summed E-state index contributed by atoms with van der Waals surface area (Å²) < 4.78 is 1.15. The van der Waals surface area contributed by atoms with Crippen LogP contribution in [0, 0.1) is 5.92 Å². The van der Waals surface area contributed by atoms with Crippen molar-refractivity contribution in [2.75, 3.05) is 24.5 Å². The van der Waals surface area contributed by atoms with Crippen molar-refractivity contribution < 1.29 is 4.79 Å². The molecule has 1 N–H and O–H groups in total. The first-order valence-electron chi connectivity index (χ1n) is 9.18. The van der Waals surface area contributed by atoms with E-state index in [4.69, 9.17) is 34.8 Å². The number of halogens is 3. The molecule has 3 rings (SSSR count). The molecule has 150 valence electrons. The molecule has 1 saturated heterocycles. The van der Waals surface area contributed by atoms with Crippen molar-refractivity contribution in [3.8, 4) is 5.69 Å². The van der Waals surface area contributed by atoms with Gasteiger partial charge in [-0.1, -0.05) is 41.7 Å². The summed E-state index contributed by atoms with van der Waals surface area (Å²) in [5.41, 5.74) is 0.460. The molecule has 0 radical (unpaired) electrons. The van der Waals surface area contributed by atoms with E-state index in [1.165, 1.54) is 0 Å². The maximum absolute atomic E-state index is 12.8. The molecular formula is C19H21Cl3N4O2. The van der Waals surface area contributed by atoms with Crippen molar-refractivity contribution in [2.45, 2.75) is 26.2 Å². The van der Waals surface area contributed by atoms with Crippen LogP contribution < -0.4 is 15.8 Å². The van der Waals surface area contributed by atoms with E-state index in [0.717, 1.165) is 23.9 Å². The summed E-state index contributed by atoms with van der Waals surface area (Å²) in [5.74, 6) is -0.0959. The highest BCUT2D eigenvalue weighted by Gasteiger charge is 2.28. The monoisotopic (exact) mass is 442 g/mol. The third-order valence-electron chi connectivity index (χ3n) is 4.72. The van der Waals surface area contributed by atoms with Gasteiger partial charge in [0.2, 0.25) is 5.91 Å². The van der Waals surface area contributed by atoms with Crippen LogP contribution in [0.3, 0.4) is 0 Å². The van der Waals surface area contributed by atoms with Crippen LogP contribution in [0.25, 0.3) is 5.69 Å². The lowest BCUT2D eigenvalue weighted by molar-refractivity contribution is -0.125. The first kappa shape index (κ1) is 21.0. The van der Waals surface area contributed by atoms with Crippen molar-refractivity contribution in [3.05, 3.63) is 49.8 Å². The number of nitrogens with one attached hydrogen (secondary N) is 1. The fraction of sp³-hybridized carbons (Fsp3) is 0.421. The van der Waals surface area contributed by atoms with Crippen molar-refractivity contribution in [3.63, 3.8) is 0 Å². The largest absolute Gasteiger partial charge is 0.368 e. The number of hydrogen-bond acceptors (Lipinski definition) is 4. The molecule has 0 saturated carbocycles. The molecule has 0 spiro atoms. The van der Waals surface area contributed by atoms with Gasteiger partial charge in [0.1, 0.15) is 5.02 Å². The first-order valence-corrected chi connectivity index (χ1v) is 10.3. The van der Waals surface area contributed by atoms with E-state index >= 15 is 0 Å². The number of anilines is 1. The Morgan fingerprint density at radius 1 is 1.29 bits per heavy atom. The molecule has 1 aromatic carbocycles. The van der Waals surface area contributed by atoms with Gasteiger partial charge in [-0.15, -0.1) is 0 Å². The predicted molar refractivity (Wildman–Crippen MR) is 113 cm³/mol. The average molecular weight is 444 g/mol. The van der Waals surface area contributed by atoms with Crippen LogP contribution in [-0.4, -0.2) is 35.3 Å². The second kappa shape index (κ2) is 9.16. The Kier molecular flexibility index (Phi) is 6.86. The number of hydrogen-bond donors (Lipinski definition) is 1. The molecular weight excluding hydrogens is 423 g/mol. The van der Waals surface area contributed by atoms with Gasteiger partial charge in [-0.2, -0.15) is 9.78 Å². The number of benzene rings is 1. The second-order valence-corrected chi connectivity index (χ2v) is 7.95. The molecule has 1 aromatic heterocycles. The van der Waals surface area contributed by atoms with Crippen LogP contribution in [0.1, 0.15) is 26.2 Å². The van der Waals surface area contributed by atoms with Gasteiger partial charge in [-0.05, 0) is 37.5 Å². The molecule has 2 aromatic rings. The Balaban J connectivity index is 1.86. The fourth-order valence-corrected chi connectivity index (χ4v) is 4.01. The van der Waals surface area contributed by atoms with E-state index in [9.17, 15) is 9.59 Å². The van der Waals surface area contributed by atoms with Crippen molar-refractivity contribution in [2.24, 2.45) is 5.92 Å². The molecule has 1 fully saturated rings. The lowest BCUT2D eigenvalue weighted by Crippen LogP contribution is -2.44. The fourth-order valence-electron chi connectivity index (χ4n) is 3.27. The number of carbonyl (C=O) groups is 1. The SMILES string of the molecule is CCCNC(=O)C1CCCN(c2cnn(-c3ccc(Cl)cc3Cl)c(=O)c2Cl)C1. The summed E-state index contributed by atoms with van der Waals surface area (Å²) in [6.07, 6.45) is 4.09. The van der Waals surface area contributed by atoms with Gasteiger partial charge in [-0.25, -0.2) is 0 Å². The number of carbonyl (C=O) groups excluding carboxylic acids is 1. The van der Waals surface area contributed by atoms with Crippen molar-refractivity contribution in [1.82, 2.24) is 15.1 Å². The van der Waals surface area contributed by atoms with Gasteiger partial charge in [-0.3, -0.25) is 9.59 Å². The molecule has 1 aliphatic heterocycles. The Bertz CT molecular complexity index is 932. The summed E-state index contributed by atoms with van der Waals surface area (Å²) in [6, 6.07) is 4.78. The minimum absolute atomic E-state index is 0.0388. The minimum Gasteiger partial charge on any atom is -0.368 e. The molecule has 1 atom stereocenters. The van der Waals surface area contributed by atoms with Crippen LogP contribution in [0.4, 0.5) is 5.69 Å². The molecule has 9 heteroatoms. The Hall–Kier alpha value is -1.76. The molecule has 6 nitrogen and oxygen atoms in total. The molecule has 0 aliphatic carbocycles. The maximum atomic E-state index is 12.8. The summed E-state index contributed by atoms with van der Waals surface area (Å²) in [7, 11) is 0. The van der Waals surface area contributed by atoms with Gasteiger partial charge >= 0.3 is 0 Å². The standard InChI is InChI=1S/C19H21Cl3N4O2/c1-2-7-23-18(27)12-4-3-8-25(11-12)16-10-24-26(19(28)17(16)22)15-6-5-13(20)9-14(15)21/h5-6,9-10,12H,2-4,7-8,11H2,1H3,(H,23,27). The smallest absolute Gasteiger partial charge is 0.292 e. The van der Waals surface area contributed by atoms with Gasteiger partial charge in [0.25, 0.3) is 5.56 Å². The lowest BCUT2D eigenvalue weighted by atomic mass is 9.97. The number of amides is 1. The van der Waals surface area contributed by atoms with E-state index < -0.39 is 5.56 Å². The zero-order chi connectivity index (χ0) is 20.3. The van der Waals surface area contributed by atoms with Crippen LogP contribution in [0.2, 0.25) is 15.1 Å². The van der Waals surface area contributed by atoms with E-state index in [0.29, 0.717) is 41.1 Å². The van der Waals surface area contributed by atoms with E-state index in [1.54, 1.807) is 24.4 Å². The van der Waals surface area contributed by atoms with Crippen molar-refractivity contribution >= 4 is 46.4 Å². The highest BCUT2D eigenvalue weighted by molar-refractivity contribution is 6.36. The number of aromatic nitrogens is 2. The first-order chi connectivity index (χ1) is 13.4. The lowest BCUT2D eigenvalue weighted by Gasteiger charge is -2.33. The molecule has 2 heterocycles. The number of rotatable bonds is 5. The minimum atomic E-state index is -0.471. The Morgan fingerprint density at radius 2 is 2.07 bits per heavy atom. The number of nitrogens with zero attached hydrogens (tertiary/aromatic N) is 3. The van der Waals surface area contributed by atoms with Gasteiger partial charge in [0.05, 0.1) is 28.5 Å². The second-order valence-electron chi connectivity index (χ2n) is 6.73. The van der Waals surface area contributed by atoms with Crippen LogP contribution >= 0.6 is 34.8 Å². The van der Waals surface area contributed by atoms with E-state index in [1.807, 2.05) is 11.8 Å². The van der Waals surface area contributed by atoms with E-state index in [2.05, 4.69) is 10.4 Å². The third kappa shape index (κ3) is 4.45. The topological polar surface area (TPSA) is 67.2 Å². The zero-order valence-electron chi connectivity index (χ0n) is 15.4. The molecule has 28 heavy (non-hydrogen) atoms. The number of piperidine rings is 1. The van der Waals surface area contributed by atoms with Gasteiger partial charge < -0.3 is 10.2 Å². The quantitative estimate of drug-likeness (QED) is 0.760. The zero-order valence-corrected chi connectivity index (χ0v) is 17.7. The Labute approximate surface area is 178 Å². The summed E-state index contributed by atoms with van der Waals surface area (Å²) in [5, 5.41) is 8.00. The highest BCUT2D eigenvalue weighted by atomic mass is 35.5. The van der Waals surface area contributed by atoms with Gasteiger partial charge in [0.15, 0.2) is 0 Å². The van der Waals surface area contributed by atoms with Crippen LogP contribution in [0.15, 0.2) is 29.2 Å². The molecule has 1 amide bonds. The van der Waals surface area contributed by atoms with Crippen LogP contribution in [0.5, 0.6) is 0 Å². The van der Waals surface area contributed by atoms with Gasteiger partial charge in [0, 0.05) is 24.7 Å². The maximum Gasteiger partial charge on any atom is 0.292 e. The summed E-state index contributed by atoms with van der Waals surface area (Å²) >= 11 is 18.5. The predicted octanol–water partition coefficient (Wildman–Crippen LogP) is 3.94. The summed E-state index contributed by atoms with van der Waals surface area (Å²) in [6.45, 7) is 3.89. The van der Waals surface area contributed by atoms with Crippen LogP contribution in [-0.2, 0) is 4.79 Å². The highest BCUT2D eigenvalue weighted by Crippen LogP contribution is 2.28. The summed E-state index contributed by atoms with van der Waals surface area (Å²) in [4.78, 5) is 27.1. The molecule has 1 unspecified atom stereocenters.